The molecule has 0 spiro atoms. The van der Waals surface area contributed by atoms with Gasteiger partial charge in [-0.05, 0) is 31.7 Å². The van der Waals surface area contributed by atoms with E-state index in [2.05, 4.69) is 43.4 Å². The summed E-state index contributed by atoms with van der Waals surface area (Å²) in [6.07, 6.45) is 0.402. The summed E-state index contributed by atoms with van der Waals surface area (Å²) < 4.78 is 0. The van der Waals surface area contributed by atoms with Gasteiger partial charge in [0.15, 0.2) is 0 Å². The first kappa shape index (κ1) is 15.7. The van der Waals surface area contributed by atoms with Crippen molar-refractivity contribution >= 4 is 5.91 Å². The number of aliphatic hydroxyl groups is 1. The van der Waals surface area contributed by atoms with Gasteiger partial charge >= 0.3 is 0 Å². The second kappa shape index (κ2) is 5.74. The molecule has 3 heteroatoms. The summed E-state index contributed by atoms with van der Waals surface area (Å²) in [4.78, 5) is 12.1. The van der Waals surface area contributed by atoms with E-state index in [1.807, 2.05) is 20.8 Å². The highest BCUT2D eigenvalue weighted by atomic mass is 16.3. The van der Waals surface area contributed by atoms with Gasteiger partial charge in [-0.2, -0.15) is 0 Å². The second-order valence-corrected chi connectivity index (χ2v) is 6.52. The molecule has 0 fully saturated rings. The summed E-state index contributed by atoms with van der Waals surface area (Å²) in [6, 6.07) is 8.26. The number of carbonyl (C=O) groups excluding carboxylic acids is 1. The minimum Gasteiger partial charge on any atom is -0.394 e. The summed E-state index contributed by atoms with van der Waals surface area (Å²) in [7, 11) is 0. The summed E-state index contributed by atoms with van der Waals surface area (Å²) >= 11 is 0. The largest absolute Gasteiger partial charge is 0.394 e. The van der Waals surface area contributed by atoms with Crippen LogP contribution in [0.5, 0.6) is 0 Å². The third kappa shape index (κ3) is 4.67. The molecule has 0 unspecified atom stereocenters. The molecule has 0 radical (unpaired) electrons. The van der Waals surface area contributed by atoms with Crippen LogP contribution >= 0.6 is 0 Å². The molecule has 0 atom stereocenters. The van der Waals surface area contributed by atoms with Crippen molar-refractivity contribution in [3.05, 3.63) is 35.4 Å². The van der Waals surface area contributed by atoms with Gasteiger partial charge in [0.1, 0.15) is 0 Å². The lowest BCUT2D eigenvalue weighted by Gasteiger charge is -2.29. The summed E-state index contributed by atoms with van der Waals surface area (Å²) in [5.74, 6) is -0.0374. The summed E-state index contributed by atoms with van der Waals surface area (Å²) in [5, 5.41) is 12.0. The molecular formula is C16H25NO2. The van der Waals surface area contributed by atoms with E-state index >= 15 is 0 Å². The van der Waals surface area contributed by atoms with Crippen molar-refractivity contribution in [3.8, 4) is 0 Å². The van der Waals surface area contributed by atoms with Crippen LogP contribution in [0.2, 0.25) is 0 Å². The maximum absolute atomic E-state index is 12.1. The van der Waals surface area contributed by atoms with Crippen molar-refractivity contribution in [2.45, 2.75) is 52.0 Å². The molecule has 1 aromatic rings. The Morgan fingerprint density at radius 3 is 2.16 bits per heavy atom. The highest BCUT2D eigenvalue weighted by Gasteiger charge is 2.27. The van der Waals surface area contributed by atoms with E-state index in [-0.39, 0.29) is 17.9 Å². The molecule has 19 heavy (non-hydrogen) atoms. The Kier molecular flexibility index (Phi) is 4.75. The average molecular weight is 263 g/mol. The minimum absolute atomic E-state index is 0.0374. The Bertz CT molecular complexity index is 433. The molecule has 2 N–H and O–H groups in total. The molecule has 0 aromatic heterocycles. The zero-order valence-corrected chi connectivity index (χ0v) is 12.6. The van der Waals surface area contributed by atoms with E-state index in [0.717, 1.165) is 5.56 Å². The third-order valence-corrected chi connectivity index (χ3v) is 3.31. The van der Waals surface area contributed by atoms with Gasteiger partial charge in [0.05, 0.1) is 12.1 Å². The van der Waals surface area contributed by atoms with Crippen LogP contribution < -0.4 is 5.32 Å². The lowest BCUT2D eigenvalue weighted by Crippen LogP contribution is -2.47. The van der Waals surface area contributed by atoms with E-state index in [9.17, 15) is 9.90 Å². The maximum atomic E-state index is 12.1. The normalized spacial score (nSPS) is 12.3. The molecule has 0 aliphatic carbocycles. The van der Waals surface area contributed by atoms with Gasteiger partial charge in [-0.15, -0.1) is 0 Å². The van der Waals surface area contributed by atoms with Gasteiger partial charge in [-0.3, -0.25) is 4.79 Å². The van der Waals surface area contributed by atoms with Crippen molar-refractivity contribution in [1.82, 2.24) is 5.32 Å². The molecule has 1 aromatic carbocycles. The number of nitrogens with one attached hydrogen (secondary N) is 1. The number of amides is 1. The molecule has 0 bridgehead atoms. The lowest BCUT2D eigenvalue weighted by atomic mass is 9.81. The van der Waals surface area contributed by atoms with Gasteiger partial charge in [-0.1, -0.05) is 43.7 Å². The van der Waals surface area contributed by atoms with E-state index in [1.54, 1.807) is 0 Å². The Morgan fingerprint density at radius 1 is 1.16 bits per heavy atom. The standard InChI is InChI=1S/C16H25NO2/c1-12-6-8-13(9-7-12)15(2,3)10-14(19)17-16(4,5)11-18/h6-9,18H,10-11H2,1-5H3,(H,17,19). The van der Waals surface area contributed by atoms with Gasteiger partial charge in [0.2, 0.25) is 5.91 Å². The molecule has 3 nitrogen and oxygen atoms in total. The summed E-state index contributed by atoms with van der Waals surface area (Å²) in [6.45, 7) is 9.72. The Balaban J connectivity index is 2.74. The van der Waals surface area contributed by atoms with Crippen molar-refractivity contribution in [2.24, 2.45) is 0 Å². The van der Waals surface area contributed by atoms with Crippen LogP contribution in [-0.4, -0.2) is 23.2 Å². The maximum Gasteiger partial charge on any atom is 0.221 e. The number of rotatable bonds is 5. The molecule has 1 rings (SSSR count). The molecule has 0 aliphatic rings. The van der Waals surface area contributed by atoms with E-state index < -0.39 is 5.54 Å². The fraction of sp³-hybridized carbons (Fsp3) is 0.562. The van der Waals surface area contributed by atoms with Gasteiger partial charge in [0, 0.05) is 6.42 Å². The monoisotopic (exact) mass is 263 g/mol. The average Bonchev–Trinajstić information content (AvgIpc) is 2.28. The molecule has 0 aliphatic heterocycles. The highest BCUT2D eigenvalue weighted by molar-refractivity contribution is 5.78. The zero-order chi connectivity index (χ0) is 14.7. The van der Waals surface area contributed by atoms with E-state index in [1.165, 1.54) is 5.56 Å². The van der Waals surface area contributed by atoms with E-state index in [0.29, 0.717) is 6.42 Å². The number of hydrogen-bond donors (Lipinski definition) is 2. The zero-order valence-electron chi connectivity index (χ0n) is 12.6. The second-order valence-electron chi connectivity index (χ2n) is 6.52. The van der Waals surface area contributed by atoms with Crippen LogP contribution in [0.15, 0.2) is 24.3 Å². The van der Waals surface area contributed by atoms with Crippen molar-refractivity contribution in [2.75, 3.05) is 6.61 Å². The molecule has 0 heterocycles. The SMILES string of the molecule is Cc1ccc(C(C)(C)CC(=O)NC(C)(C)CO)cc1. The fourth-order valence-corrected chi connectivity index (χ4v) is 1.97. The minimum atomic E-state index is -0.569. The predicted molar refractivity (Wildman–Crippen MR) is 78.1 cm³/mol. The van der Waals surface area contributed by atoms with Crippen LogP contribution in [0.25, 0.3) is 0 Å². The van der Waals surface area contributed by atoms with Gasteiger partial charge < -0.3 is 10.4 Å². The quantitative estimate of drug-likeness (QED) is 0.857. The Hall–Kier alpha value is -1.35. The first-order valence-electron chi connectivity index (χ1n) is 6.65. The molecule has 106 valence electrons. The van der Waals surface area contributed by atoms with Gasteiger partial charge in [-0.25, -0.2) is 0 Å². The molecule has 0 saturated heterocycles. The topological polar surface area (TPSA) is 49.3 Å². The number of carbonyl (C=O) groups is 1. The molecule has 0 saturated carbocycles. The highest BCUT2D eigenvalue weighted by Crippen LogP contribution is 2.27. The van der Waals surface area contributed by atoms with Gasteiger partial charge in [0.25, 0.3) is 0 Å². The van der Waals surface area contributed by atoms with Crippen LogP contribution in [0.1, 0.15) is 45.2 Å². The molecular weight excluding hydrogens is 238 g/mol. The van der Waals surface area contributed by atoms with Crippen LogP contribution in [0, 0.1) is 6.92 Å². The molecule has 1 amide bonds. The number of benzene rings is 1. The first-order chi connectivity index (χ1) is 8.66. The van der Waals surface area contributed by atoms with Crippen molar-refractivity contribution in [1.29, 1.82) is 0 Å². The number of aliphatic hydroxyl groups excluding tert-OH is 1. The van der Waals surface area contributed by atoms with Crippen LogP contribution in [0.3, 0.4) is 0 Å². The Labute approximate surface area is 116 Å². The van der Waals surface area contributed by atoms with Crippen molar-refractivity contribution < 1.29 is 9.90 Å². The third-order valence-electron chi connectivity index (χ3n) is 3.31. The number of aryl methyl sites for hydroxylation is 1. The summed E-state index contributed by atoms with van der Waals surface area (Å²) in [5.41, 5.74) is 1.57. The van der Waals surface area contributed by atoms with E-state index in [4.69, 9.17) is 0 Å². The van der Waals surface area contributed by atoms with Crippen molar-refractivity contribution in [3.63, 3.8) is 0 Å². The van der Waals surface area contributed by atoms with Crippen LogP contribution in [0.4, 0.5) is 0 Å². The predicted octanol–water partition coefficient (Wildman–Crippen LogP) is 2.55. The fourth-order valence-electron chi connectivity index (χ4n) is 1.97. The lowest BCUT2D eigenvalue weighted by molar-refractivity contribution is -0.124. The van der Waals surface area contributed by atoms with Crippen LogP contribution in [-0.2, 0) is 10.2 Å². The number of hydrogen-bond acceptors (Lipinski definition) is 2. The first-order valence-corrected chi connectivity index (χ1v) is 6.65. The Morgan fingerprint density at radius 2 is 1.68 bits per heavy atom. The smallest absolute Gasteiger partial charge is 0.221 e.